The van der Waals surface area contributed by atoms with Gasteiger partial charge in [-0.25, -0.2) is 4.39 Å². The van der Waals surface area contributed by atoms with Crippen LogP contribution in [0.1, 0.15) is 11.1 Å². The molecular weight excluding hydrogens is 415 g/mol. The largest absolute Gasteiger partial charge is 0.365 e. The number of thiophene rings is 1. The van der Waals surface area contributed by atoms with Crippen molar-refractivity contribution in [1.82, 2.24) is 4.98 Å². The molecule has 1 N–H and O–H groups in total. The first-order chi connectivity index (χ1) is 14.7. The Balaban J connectivity index is 1.33. The van der Waals surface area contributed by atoms with Gasteiger partial charge < -0.3 is 9.88 Å². The molecule has 2 nitrogen and oxygen atoms in total. The second-order valence-electron chi connectivity index (χ2n) is 7.81. The smallest absolute Gasteiger partial charge is 0.143 e. The van der Waals surface area contributed by atoms with Crippen LogP contribution >= 0.6 is 22.9 Å². The van der Waals surface area contributed by atoms with Crippen LogP contribution < -0.4 is 4.90 Å². The summed E-state index contributed by atoms with van der Waals surface area (Å²) in [4.78, 5) is 5.52. The van der Waals surface area contributed by atoms with Gasteiger partial charge in [0.05, 0.1) is 16.2 Å². The van der Waals surface area contributed by atoms with Gasteiger partial charge in [-0.1, -0.05) is 41.9 Å². The Bertz CT molecular complexity index is 1420. The number of hydrogen-bond donors (Lipinski definition) is 1. The third-order valence-electron chi connectivity index (χ3n) is 6.05. The highest BCUT2D eigenvalue weighted by atomic mass is 35.5. The second-order valence-corrected chi connectivity index (χ2v) is 9.17. The van der Waals surface area contributed by atoms with Gasteiger partial charge in [0.1, 0.15) is 5.82 Å². The Hall–Kier alpha value is -2.82. The van der Waals surface area contributed by atoms with Crippen LogP contribution in [0.2, 0.25) is 5.02 Å². The number of nitrogens with one attached hydrogen (secondary N) is 1. The van der Waals surface area contributed by atoms with Gasteiger partial charge in [0.25, 0.3) is 0 Å². The van der Waals surface area contributed by atoms with E-state index in [1.165, 1.54) is 38.4 Å². The molecule has 3 aromatic carbocycles. The van der Waals surface area contributed by atoms with Crippen molar-refractivity contribution in [2.75, 3.05) is 11.4 Å². The minimum absolute atomic E-state index is 0.160. The minimum atomic E-state index is -0.394. The van der Waals surface area contributed by atoms with Crippen molar-refractivity contribution in [3.8, 4) is 11.1 Å². The fraction of sp³-hybridized carbons (Fsp3) is 0.120. The maximum Gasteiger partial charge on any atom is 0.143 e. The third-order valence-corrected chi connectivity index (χ3v) is 7.22. The predicted octanol–water partition coefficient (Wildman–Crippen LogP) is 7.40. The summed E-state index contributed by atoms with van der Waals surface area (Å²) in [5.41, 5.74) is 7.13. The topological polar surface area (TPSA) is 19.0 Å². The normalized spacial score (nSPS) is 13.9. The molecule has 2 aromatic heterocycles. The van der Waals surface area contributed by atoms with Gasteiger partial charge in [0.15, 0.2) is 0 Å². The van der Waals surface area contributed by atoms with Crippen molar-refractivity contribution in [3.05, 3.63) is 88.1 Å². The average Bonchev–Trinajstić information content (AvgIpc) is 3.39. The van der Waals surface area contributed by atoms with E-state index in [1.807, 2.05) is 6.20 Å². The number of H-pyrrole nitrogens is 1. The molecule has 5 aromatic rings. The zero-order valence-corrected chi connectivity index (χ0v) is 17.7. The monoisotopic (exact) mass is 432 g/mol. The molecule has 0 amide bonds. The second kappa shape index (κ2) is 6.86. The van der Waals surface area contributed by atoms with Gasteiger partial charge in [-0.05, 0) is 63.7 Å². The first kappa shape index (κ1) is 18.0. The van der Waals surface area contributed by atoms with Crippen LogP contribution in [0.15, 0.2) is 66.2 Å². The first-order valence-electron chi connectivity index (χ1n) is 9.96. The number of aromatic amines is 1. The number of rotatable bonds is 2. The Kier molecular flexibility index (Phi) is 4.12. The lowest BCUT2D eigenvalue weighted by Gasteiger charge is -2.30. The highest BCUT2D eigenvalue weighted by Gasteiger charge is 2.20. The van der Waals surface area contributed by atoms with Crippen LogP contribution in [0.3, 0.4) is 0 Å². The van der Waals surface area contributed by atoms with E-state index in [0.29, 0.717) is 0 Å². The number of benzene rings is 3. The third kappa shape index (κ3) is 2.91. The Morgan fingerprint density at radius 1 is 0.967 bits per heavy atom. The fourth-order valence-corrected chi connectivity index (χ4v) is 5.43. The molecule has 0 spiro atoms. The molecule has 0 radical (unpaired) electrons. The first-order valence-corrected chi connectivity index (χ1v) is 11.2. The number of fused-ring (bicyclic) bond motifs is 3. The molecule has 0 saturated carbocycles. The van der Waals surface area contributed by atoms with E-state index in [0.717, 1.165) is 36.1 Å². The molecule has 0 bridgehead atoms. The van der Waals surface area contributed by atoms with Crippen molar-refractivity contribution >= 4 is 49.6 Å². The van der Waals surface area contributed by atoms with Gasteiger partial charge in [-0.3, -0.25) is 0 Å². The number of nitrogens with zero attached hydrogens (tertiary/aromatic N) is 1. The van der Waals surface area contributed by atoms with Crippen LogP contribution in [-0.2, 0) is 13.0 Å². The van der Waals surface area contributed by atoms with E-state index < -0.39 is 5.82 Å². The Labute approximate surface area is 182 Å². The molecule has 0 unspecified atom stereocenters. The number of aromatic nitrogens is 1. The summed E-state index contributed by atoms with van der Waals surface area (Å²) >= 11 is 7.82. The van der Waals surface area contributed by atoms with Crippen LogP contribution in [0, 0.1) is 5.82 Å². The lowest BCUT2D eigenvalue weighted by Crippen LogP contribution is -2.30. The van der Waals surface area contributed by atoms with Crippen LogP contribution in [0.4, 0.5) is 10.1 Å². The fourth-order valence-electron chi connectivity index (χ4n) is 4.44. The van der Waals surface area contributed by atoms with Crippen LogP contribution in [-0.4, -0.2) is 11.5 Å². The Morgan fingerprint density at radius 3 is 2.77 bits per heavy atom. The summed E-state index contributed by atoms with van der Waals surface area (Å²) in [5, 5.41) is 4.57. The van der Waals surface area contributed by atoms with Crippen molar-refractivity contribution in [2.24, 2.45) is 0 Å². The summed E-state index contributed by atoms with van der Waals surface area (Å²) < 4.78 is 15.1. The molecule has 148 valence electrons. The molecule has 0 aliphatic carbocycles. The number of anilines is 1. The van der Waals surface area contributed by atoms with Gasteiger partial charge in [0.2, 0.25) is 0 Å². The van der Waals surface area contributed by atoms with Gasteiger partial charge in [-0.15, -0.1) is 11.3 Å². The molecule has 6 rings (SSSR count). The lowest BCUT2D eigenvalue weighted by molar-refractivity contribution is 0.630. The predicted molar refractivity (Wildman–Crippen MR) is 125 cm³/mol. The van der Waals surface area contributed by atoms with E-state index in [1.54, 1.807) is 17.4 Å². The zero-order chi connectivity index (χ0) is 20.2. The standard InChI is InChI=1S/C25H18ClFN2S/c26-21-11-20-23(12-22(21)27)28-13-24(20)29-7-5-18-9-16(3-4-19(18)14-29)17-2-1-15-6-8-30-25(15)10-17/h1-4,6,8-13,28H,5,7,14H2. The molecule has 30 heavy (non-hydrogen) atoms. The molecule has 0 fully saturated rings. The molecular formula is C25H18ClFN2S. The highest BCUT2D eigenvalue weighted by Crippen LogP contribution is 2.35. The lowest BCUT2D eigenvalue weighted by atomic mass is 9.94. The average molecular weight is 433 g/mol. The van der Waals surface area contributed by atoms with Gasteiger partial charge in [0, 0.05) is 29.4 Å². The van der Waals surface area contributed by atoms with E-state index in [4.69, 9.17) is 11.6 Å². The van der Waals surface area contributed by atoms with Gasteiger partial charge >= 0.3 is 0 Å². The molecule has 5 heteroatoms. The summed E-state index contributed by atoms with van der Waals surface area (Å²) in [5.74, 6) is -0.394. The highest BCUT2D eigenvalue weighted by molar-refractivity contribution is 7.17. The van der Waals surface area contributed by atoms with E-state index >= 15 is 0 Å². The zero-order valence-electron chi connectivity index (χ0n) is 16.1. The summed E-state index contributed by atoms with van der Waals surface area (Å²) in [6, 6.07) is 18.9. The maximum absolute atomic E-state index is 13.8. The number of hydrogen-bond acceptors (Lipinski definition) is 2. The van der Waals surface area contributed by atoms with Crippen molar-refractivity contribution in [2.45, 2.75) is 13.0 Å². The quantitative estimate of drug-likeness (QED) is 0.308. The van der Waals surface area contributed by atoms with Gasteiger partial charge in [-0.2, -0.15) is 0 Å². The molecule has 0 saturated heterocycles. The van der Waals surface area contributed by atoms with Crippen molar-refractivity contribution < 1.29 is 4.39 Å². The molecule has 0 atom stereocenters. The van der Waals surface area contributed by atoms with E-state index in [2.05, 4.69) is 57.7 Å². The summed E-state index contributed by atoms with van der Waals surface area (Å²) in [6.45, 7) is 1.75. The SMILES string of the molecule is Fc1cc2[nH]cc(N3CCc4cc(-c5ccc6ccsc6c5)ccc4C3)c2cc1Cl. The maximum atomic E-state index is 13.8. The van der Waals surface area contributed by atoms with E-state index in [9.17, 15) is 4.39 Å². The summed E-state index contributed by atoms with van der Waals surface area (Å²) in [7, 11) is 0. The molecule has 1 aliphatic rings. The Morgan fingerprint density at radius 2 is 1.83 bits per heavy atom. The minimum Gasteiger partial charge on any atom is -0.365 e. The van der Waals surface area contributed by atoms with Crippen LogP contribution in [0.25, 0.3) is 32.1 Å². The van der Waals surface area contributed by atoms with E-state index in [-0.39, 0.29) is 5.02 Å². The van der Waals surface area contributed by atoms with Crippen LogP contribution in [0.5, 0.6) is 0 Å². The molecule has 1 aliphatic heterocycles. The number of halogens is 2. The molecule has 3 heterocycles. The summed E-state index contributed by atoms with van der Waals surface area (Å²) in [6.07, 6.45) is 2.93. The van der Waals surface area contributed by atoms with Crippen molar-refractivity contribution in [3.63, 3.8) is 0 Å². The van der Waals surface area contributed by atoms with Crippen molar-refractivity contribution in [1.29, 1.82) is 0 Å².